The Kier molecular flexibility index (Phi) is 4.65. The highest BCUT2D eigenvalue weighted by Crippen LogP contribution is 2.30. The number of carboxylic acids is 1. The molecule has 7 heteroatoms. The third-order valence-corrected chi connectivity index (χ3v) is 4.28. The van der Waals surface area contributed by atoms with E-state index in [0.717, 1.165) is 12.1 Å². The van der Waals surface area contributed by atoms with Crippen LogP contribution in [0.15, 0.2) is 42.5 Å². The van der Waals surface area contributed by atoms with E-state index in [4.69, 9.17) is 0 Å². The normalized spacial score (nSPS) is 16.7. The molecule has 0 radical (unpaired) electrons. The minimum Gasteiger partial charge on any atom is -0.478 e. The van der Waals surface area contributed by atoms with E-state index >= 15 is 0 Å². The highest BCUT2D eigenvalue weighted by Gasteiger charge is 2.29. The first-order chi connectivity index (χ1) is 12.0. The largest absolute Gasteiger partial charge is 0.478 e. The molecule has 1 fully saturated rings. The van der Waals surface area contributed by atoms with Crippen molar-refractivity contribution in [3.8, 4) is 0 Å². The molecule has 3 rings (SSSR count). The third kappa shape index (κ3) is 3.60. The summed E-state index contributed by atoms with van der Waals surface area (Å²) >= 11 is 0. The molecule has 2 N–H and O–H groups in total. The number of hydrogen-bond acceptors (Lipinski definition) is 2. The zero-order chi connectivity index (χ0) is 18.0. The molecule has 1 heterocycles. The molecule has 25 heavy (non-hydrogen) atoms. The number of likely N-dealkylation sites (tertiary alicyclic amines) is 1. The molecule has 1 saturated heterocycles. The summed E-state index contributed by atoms with van der Waals surface area (Å²) in [5, 5.41) is 11.8. The summed E-state index contributed by atoms with van der Waals surface area (Å²) in [6, 6.07) is 9.44. The van der Waals surface area contributed by atoms with Crippen molar-refractivity contribution in [2.75, 3.05) is 18.4 Å². The topological polar surface area (TPSA) is 69.6 Å². The van der Waals surface area contributed by atoms with Crippen molar-refractivity contribution < 1.29 is 23.5 Å². The molecule has 0 aliphatic carbocycles. The van der Waals surface area contributed by atoms with Crippen molar-refractivity contribution in [2.24, 2.45) is 0 Å². The standard InChI is InChI=1S/C18H16F2N2O3/c19-15-6-5-12(9-16(15)20)21-18(25)22-8-7-11(10-22)13-3-1-2-4-14(13)17(23)24/h1-6,9,11H,7-8,10H2,(H,21,25)(H,23,24)/t11-/m1/s1. The van der Waals surface area contributed by atoms with Crippen LogP contribution in [0.2, 0.25) is 0 Å². The molecule has 0 aromatic heterocycles. The molecule has 1 aliphatic rings. The Morgan fingerprint density at radius 3 is 2.60 bits per heavy atom. The van der Waals surface area contributed by atoms with Gasteiger partial charge >= 0.3 is 12.0 Å². The van der Waals surface area contributed by atoms with Crippen LogP contribution in [0, 0.1) is 11.6 Å². The monoisotopic (exact) mass is 346 g/mol. The molecular formula is C18H16F2N2O3. The number of amides is 2. The van der Waals surface area contributed by atoms with Gasteiger partial charge in [0, 0.05) is 30.8 Å². The van der Waals surface area contributed by atoms with E-state index in [2.05, 4.69) is 5.32 Å². The number of halogens is 2. The number of hydrogen-bond donors (Lipinski definition) is 2. The quantitative estimate of drug-likeness (QED) is 0.891. The summed E-state index contributed by atoms with van der Waals surface area (Å²) in [6.45, 7) is 0.813. The maximum absolute atomic E-state index is 13.2. The van der Waals surface area contributed by atoms with Gasteiger partial charge in [-0.25, -0.2) is 18.4 Å². The van der Waals surface area contributed by atoms with Gasteiger partial charge in [-0.2, -0.15) is 0 Å². The van der Waals surface area contributed by atoms with Crippen molar-refractivity contribution in [1.82, 2.24) is 4.90 Å². The number of aromatic carboxylic acids is 1. The van der Waals surface area contributed by atoms with Gasteiger partial charge < -0.3 is 15.3 Å². The Morgan fingerprint density at radius 1 is 1.12 bits per heavy atom. The van der Waals surface area contributed by atoms with E-state index in [0.29, 0.717) is 25.1 Å². The lowest BCUT2D eigenvalue weighted by molar-refractivity contribution is 0.0695. The summed E-state index contributed by atoms with van der Waals surface area (Å²) in [5.74, 6) is -3.10. The van der Waals surface area contributed by atoms with Crippen LogP contribution in [0.1, 0.15) is 28.3 Å². The van der Waals surface area contributed by atoms with Gasteiger partial charge in [-0.1, -0.05) is 18.2 Å². The Morgan fingerprint density at radius 2 is 1.88 bits per heavy atom. The summed E-state index contributed by atoms with van der Waals surface area (Å²) < 4.78 is 26.1. The second-order valence-corrected chi connectivity index (χ2v) is 5.88. The van der Waals surface area contributed by atoms with E-state index in [9.17, 15) is 23.5 Å². The summed E-state index contributed by atoms with van der Waals surface area (Å²) in [4.78, 5) is 25.2. The smallest absolute Gasteiger partial charge is 0.335 e. The van der Waals surface area contributed by atoms with Crippen LogP contribution in [0.5, 0.6) is 0 Å². The fourth-order valence-corrected chi connectivity index (χ4v) is 3.02. The number of carbonyl (C=O) groups excluding carboxylic acids is 1. The number of nitrogens with one attached hydrogen (secondary N) is 1. The predicted octanol–water partition coefficient (Wildman–Crippen LogP) is 3.68. The SMILES string of the molecule is O=C(O)c1ccccc1[C@@H]1CCN(C(=O)Nc2ccc(F)c(F)c2)C1. The van der Waals surface area contributed by atoms with Crippen molar-refractivity contribution in [2.45, 2.75) is 12.3 Å². The number of nitrogens with zero attached hydrogens (tertiary/aromatic N) is 1. The summed E-state index contributed by atoms with van der Waals surface area (Å²) in [5.41, 5.74) is 1.09. The second-order valence-electron chi connectivity index (χ2n) is 5.88. The highest BCUT2D eigenvalue weighted by atomic mass is 19.2. The van der Waals surface area contributed by atoms with Crippen LogP contribution in [-0.2, 0) is 0 Å². The molecule has 2 aromatic carbocycles. The molecule has 130 valence electrons. The average molecular weight is 346 g/mol. The van der Waals surface area contributed by atoms with Crippen molar-refractivity contribution >= 4 is 17.7 Å². The number of anilines is 1. The van der Waals surface area contributed by atoms with Crippen LogP contribution in [0.4, 0.5) is 19.3 Å². The van der Waals surface area contributed by atoms with Gasteiger partial charge in [0.15, 0.2) is 11.6 Å². The van der Waals surface area contributed by atoms with E-state index in [1.165, 1.54) is 11.0 Å². The lowest BCUT2D eigenvalue weighted by Gasteiger charge is -2.18. The zero-order valence-electron chi connectivity index (χ0n) is 13.2. The molecule has 0 bridgehead atoms. The zero-order valence-corrected chi connectivity index (χ0v) is 13.2. The first-order valence-corrected chi connectivity index (χ1v) is 7.79. The molecule has 0 spiro atoms. The second kappa shape index (κ2) is 6.88. The van der Waals surface area contributed by atoms with Gasteiger partial charge in [-0.3, -0.25) is 0 Å². The van der Waals surface area contributed by atoms with E-state index in [1.807, 2.05) is 0 Å². The van der Waals surface area contributed by atoms with Gasteiger partial charge in [0.1, 0.15) is 0 Å². The van der Waals surface area contributed by atoms with Gasteiger partial charge in [0.05, 0.1) is 5.56 Å². The van der Waals surface area contributed by atoms with Crippen LogP contribution in [-0.4, -0.2) is 35.1 Å². The van der Waals surface area contributed by atoms with Crippen LogP contribution < -0.4 is 5.32 Å². The lowest BCUT2D eigenvalue weighted by Crippen LogP contribution is -2.32. The van der Waals surface area contributed by atoms with Gasteiger partial charge in [0.2, 0.25) is 0 Å². The van der Waals surface area contributed by atoms with Gasteiger partial charge in [-0.05, 0) is 30.2 Å². The minimum atomic E-state index is -1.03. The Hall–Kier alpha value is -2.96. The minimum absolute atomic E-state index is 0.0806. The molecule has 2 amide bonds. The van der Waals surface area contributed by atoms with Crippen LogP contribution in [0.3, 0.4) is 0 Å². The number of carboxylic acid groups (broad SMARTS) is 1. The molecule has 2 aromatic rings. The summed E-state index contributed by atoms with van der Waals surface area (Å²) in [6.07, 6.45) is 0.634. The average Bonchev–Trinajstić information content (AvgIpc) is 3.08. The number of carbonyl (C=O) groups is 2. The lowest BCUT2D eigenvalue weighted by atomic mass is 9.93. The number of benzene rings is 2. The number of urea groups is 1. The highest BCUT2D eigenvalue weighted by molar-refractivity contribution is 5.91. The maximum Gasteiger partial charge on any atom is 0.335 e. The molecule has 0 saturated carbocycles. The molecule has 5 nitrogen and oxygen atoms in total. The first-order valence-electron chi connectivity index (χ1n) is 7.79. The molecule has 1 atom stereocenters. The third-order valence-electron chi connectivity index (χ3n) is 4.28. The Labute approximate surface area is 142 Å². The van der Waals surface area contributed by atoms with Gasteiger partial charge in [0.25, 0.3) is 0 Å². The van der Waals surface area contributed by atoms with Crippen molar-refractivity contribution in [3.63, 3.8) is 0 Å². The fourth-order valence-electron chi connectivity index (χ4n) is 3.02. The molecule has 1 aliphatic heterocycles. The van der Waals surface area contributed by atoms with Crippen molar-refractivity contribution in [3.05, 3.63) is 65.2 Å². The summed E-state index contributed by atoms with van der Waals surface area (Å²) in [7, 11) is 0. The molecular weight excluding hydrogens is 330 g/mol. The molecule has 0 unspecified atom stereocenters. The van der Waals surface area contributed by atoms with Crippen molar-refractivity contribution in [1.29, 1.82) is 0 Å². The van der Waals surface area contributed by atoms with Crippen LogP contribution in [0.25, 0.3) is 0 Å². The maximum atomic E-state index is 13.2. The van der Waals surface area contributed by atoms with Gasteiger partial charge in [-0.15, -0.1) is 0 Å². The number of rotatable bonds is 3. The Balaban J connectivity index is 1.69. The van der Waals surface area contributed by atoms with E-state index in [-0.39, 0.29) is 17.2 Å². The predicted molar refractivity (Wildman–Crippen MR) is 87.7 cm³/mol. The van der Waals surface area contributed by atoms with Crippen LogP contribution >= 0.6 is 0 Å². The van der Waals surface area contributed by atoms with E-state index in [1.54, 1.807) is 24.3 Å². The first kappa shape index (κ1) is 16.9. The Bertz CT molecular complexity index is 826. The fraction of sp³-hybridized carbons (Fsp3) is 0.222. The van der Waals surface area contributed by atoms with E-state index < -0.39 is 23.6 Å².